The number of carbonyl (C=O) groups excluding carboxylic acids is 1. The Balaban J connectivity index is 0. The van der Waals surface area contributed by atoms with Crippen molar-refractivity contribution in [3.63, 3.8) is 0 Å². The summed E-state index contributed by atoms with van der Waals surface area (Å²) in [6.45, 7) is -1.18. The van der Waals surface area contributed by atoms with Crippen LogP contribution in [0.3, 0.4) is 0 Å². The molecule has 0 amide bonds. The Kier molecular flexibility index (Phi) is 6.74. The van der Waals surface area contributed by atoms with Crippen molar-refractivity contribution in [1.29, 1.82) is 0 Å². The molecule has 0 heterocycles. The number of hydrogen-bond acceptors (Lipinski definition) is 2. The molecule has 0 saturated heterocycles. The topological polar surface area (TPSA) is 26.3 Å². The maximum Gasteiger partial charge on any atom is 1.00 e. The van der Waals surface area contributed by atoms with E-state index in [9.17, 15) is 9.18 Å². The minimum absolute atomic E-state index is 0. The van der Waals surface area contributed by atoms with E-state index in [1.807, 2.05) is 0 Å². The van der Waals surface area contributed by atoms with E-state index in [4.69, 9.17) is 23.2 Å². The van der Waals surface area contributed by atoms with Crippen molar-refractivity contribution in [3.8, 4) is 5.75 Å². The van der Waals surface area contributed by atoms with Crippen LogP contribution in [0.25, 0.3) is 0 Å². The van der Waals surface area contributed by atoms with Crippen molar-refractivity contribution >= 4 is 29.2 Å². The first-order valence-electron chi connectivity index (χ1n) is 3.35. The van der Waals surface area contributed by atoms with Crippen LogP contribution in [0.2, 0.25) is 10.0 Å². The molecule has 1 aromatic rings. The van der Waals surface area contributed by atoms with E-state index in [0.29, 0.717) is 5.02 Å². The minimum atomic E-state index is -1.18. The molecular weight excluding hydrogens is 241 g/mol. The van der Waals surface area contributed by atoms with Crippen LogP contribution in [0, 0.1) is 0 Å². The fraction of sp³-hybridized carbons (Fsp3) is 0.125. The van der Waals surface area contributed by atoms with Gasteiger partial charge in [0.1, 0.15) is 5.75 Å². The summed E-state index contributed by atoms with van der Waals surface area (Å²) in [4.78, 5) is 10.5. The van der Waals surface area contributed by atoms with E-state index in [0.717, 1.165) is 0 Å². The van der Waals surface area contributed by atoms with Gasteiger partial charge in [0.15, 0.2) is 6.67 Å². The molecule has 72 valence electrons. The van der Waals surface area contributed by atoms with Crippen molar-refractivity contribution in [2.45, 2.75) is 0 Å². The second-order valence-electron chi connectivity index (χ2n) is 2.18. The summed E-state index contributed by atoms with van der Waals surface area (Å²) in [5.41, 5.74) is 0. The maximum absolute atomic E-state index is 11.7. The van der Waals surface area contributed by atoms with Gasteiger partial charge in [-0.2, -0.15) is 0 Å². The first-order valence-corrected chi connectivity index (χ1v) is 4.11. The smallest absolute Gasteiger partial charge is 1.00 e. The Labute approximate surface area is 114 Å². The van der Waals surface area contributed by atoms with Crippen LogP contribution in [-0.2, 0) is 4.79 Å². The standard InChI is InChI=1S/C8H5Cl2FO2.Na.H/c9-5-1-2-7(6(10)3-5)13-8(12)4-11;;/h1-3H,4H2;;/q;+1;-1. The molecule has 0 spiro atoms. The average molecular weight is 247 g/mol. The van der Waals surface area contributed by atoms with Gasteiger partial charge < -0.3 is 6.16 Å². The van der Waals surface area contributed by atoms with Gasteiger partial charge in [0.2, 0.25) is 0 Å². The summed E-state index contributed by atoms with van der Waals surface area (Å²) in [6.07, 6.45) is 0. The third-order valence-electron chi connectivity index (χ3n) is 1.23. The second-order valence-corrected chi connectivity index (χ2v) is 3.03. The van der Waals surface area contributed by atoms with Gasteiger partial charge in [-0.1, -0.05) is 23.2 Å². The van der Waals surface area contributed by atoms with Gasteiger partial charge in [-0.3, -0.25) is 0 Å². The fourth-order valence-corrected chi connectivity index (χ4v) is 1.15. The number of hydrogen-bond donors (Lipinski definition) is 0. The monoisotopic (exact) mass is 246 g/mol. The molecule has 0 atom stereocenters. The second kappa shape index (κ2) is 6.64. The summed E-state index contributed by atoms with van der Waals surface area (Å²) < 4.78 is 16.3. The first-order chi connectivity index (χ1) is 6.13. The number of esters is 1. The molecule has 0 radical (unpaired) electrons. The Hall–Kier alpha value is 0.200. The Morgan fingerprint density at radius 1 is 1.50 bits per heavy atom. The van der Waals surface area contributed by atoms with Crippen LogP contribution in [-0.4, -0.2) is 12.6 Å². The molecule has 6 heteroatoms. The summed E-state index contributed by atoms with van der Waals surface area (Å²) in [5, 5.41) is 0.597. The van der Waals surface area contributed by atoms with E-state index >= 15 is 0 Å². The third kappa shape index (κ3) is 4.15. The zero-order valence-electron chi connectivity index (χ0n) is 8.39. The Morgan fingerprint density at radius 3 is 2.64 bits per heavy atom. The van der Waals surface area contributed by atoms with Crippen molar-refractivity contribution in [2.24, 2.45) is 0 Å². The molecule has 0 fully saturated rings. The van der Waals surface area contributed by atoms with Crippen LogP contribution in [0.15, 0.2) is 18.2 Å². The van der Waals surface area contributed by atoms with E-state index < -0.39 is 12.6 Å². The number of alkyl halides is 1. The average Bonchev–Trinajstić information content (AvgIpc) is 2.09. The molecule has 0 saturated carbocycles. The van der Waals surface area contributed by atoms with Gasteiger partial charge in [-0.25, -0.2) is 9.18 Å². The molecule has 0 unspecified atom stereocenters. The summed E-state index contributed by atoms with van der Waals surface area (Å²) in [5.74, 6) is -0.877. The summed E-state index contributed by atoms with van der Waals surface area (Å²) in [7, 11) is 0. The van der Waals surface area contributed by atoms with Crippen LogP contribution < -0.4 is 34.3 Å². The zero-order chi connectivity index (χ0) is 9.84. The predicted molar refractivity (Wildman–Crippen MR) is 49.2 cm³/mol. The van der Waals surface area contributed by atoms with Crippen LogP contribution in [0.1, 0.15) is 1.43 Å². The maximum atomic E-state index is 11.7. The van der Waals surface area contributed by atoms with Gasteiger partial charge >= 0.3 is 35.5 Å². The zero-order valence-corrected chi connectivity index (χ0v) is 10.9. The van der Waals surface area contributed by atoms with E-state index in [-0.39, 0.29) is 41.8 Å². The summed E-state index contributed by atoms with van der Waals surface area (Å²) in [6, 6.07) is 4.30. The van der Waals surface area contributed by atoms with Crippen molar-refractivity contribution in [2.75, 3.05) is 6.67 Å². The molecule has 0 bridgehead atoms. The molecule has 1 aromatic carbocycles. The molecule has 0 N–H and O–H groups in total. The molecule has 0 aromatic heterocycles. The van der Waals surface area contributed by atoms with Crippen molar-refractivity contribution in [3.05, 3.63) is 28.2 Å². The predicted octanol–water partition coefficient (Wildman–Crippen LogP) is -0.0152. The van der Waals surface area contributed by atoms with Crippen LogP contribution >= 0.6 is 23.2 Å². The quantitative estimate of drug-likeness (QED) is 0.417. The number of ether oxygens (including phenoxy) is 1. The number of benzene rings is 1. The van der Waals surface area contributed by atoms with Gasteiger partial charge in [-0.15, -0.1) is 0 Å². The van der Waals surface area contributed by atoms with Crippen LogP contribution in [0.5, 0.6) is 5.75 Å². The van der Waals surface area contributed by atoms with E-state index in [1.54, 1.807) is 0 Å². The Bertz CT molecular complexity index is 338. The van der Waals surface area contributed by atoms with Gasteiger partial charge in [0.25, 0.3) is 0 Å². The molecule has 0 aliphatic carbocycles. The number of rotatable bonds is 2. The fourth-order valence-electron chi connectivity index (χ4n) is 0.708. The molecule has 0 aliphatic rings. The van der Waals surface area contributed by atoms with E-state index in [2.05, 4.69) is 4.74 Å². The molecule has 2 nitrogen and oxygen atoms in total. The van der Waals surface area contributed by atoms with Gasteiger partial charge in [-0.05, 0) is 18.2 Å². The van der Waals surface area contributed by atoms with Crippen molar-refractivity contribution < 1.29 is 44.9 Å². The SMILES string of the molecule is O=C(CF)Oc1ccc(Cl)cc1Cl.[H-].[Na+]. The normalized spacial score (nSPS) is 9.07. The molecular formula is C8H6Cl2FNaO2. The van der Waals surface area contributed by atoms with Gasteiger partial charge in [0.05, 0.1) is 5.02 Å². The first kappa shape index (κ1) is 14.2. The molecule has 0 aliphatic heterocycles. The molecule has 1 rings (SSSR count). The van der Waals surface area contributed by atoms with Crippen LogP contribution in [0.4, 0.5) is 4.39 Å². The number of carbonyl (C=O) groups is 1. The van der Waals surface area contributed by atoms with Crippen molar-refractivity contribution in [1.82, 2.24) is 0 Å². The van der Waals surface area contributed by atoms with Gasteiger partial charge in [0, 0.05) is 5.02 Å². The molecule has 14 heavy (non-hydrogen) atoms. The van der Waals surface area contributed by atoms with E-state index in [1.165, 1.54) is 18.2 Å². The number of halogens is 3. The largest absolute Gasteiger partial charge is 1.00 e. The minimum Gasteiger partial charge on any atom is -1.00 e. The summed E-state index contributed by atoms with van der Waals surface area (Å²) >= 11 is 11.2. The third-order valence-corrected chi connectivity index (χ3v) is 1.76. The Morgan fingerprint density at radius 2 is 2.14 bits per heavy atom.